The van der Waals surface area contributed by atoms with E-state index >= 15 is 0 Å². The number of hydrogen-bond acceptors (Lipinski definition) is 2. The Morgan fingerprint density at radius 2 is 2.20 bits per heavy atom. The molecule has 0 aromatic rings. The van der Waals surface area contributed by atoms with Crippen molar-refractivity contribution >= 4 is 0 Å². The second kappa shape index (κ2) is 7.03. The summed E-state index contributed by atoms with van der Waals surface area (Å²) in [6, 6.07) is 0. The second-order valence-electron chi connectivity index (χ2n) is 2.89. The van der Waals surface area contributed by atoms with Gasteiger partial charge in [-0.1, -0.05) is 13.8 Å². The van der Waals surface area contributed by atoms with E-state index in [1.54, 1.807) is 0 Å². The average molecular weight is 144 g/mol. The molecule has 0 radical (unpaired) electrons. The standard InChI is InChI=1S/C8H20N2/c1-3-6-10-7-8(2)4-5-9/h8,10H,3-7,9H2,1-2H3. The molecule has 0 fully saturated rings. The van der Waals surface area contributed by atoms with Crippen molar-refractivity contribution < 1.29 is 0 Å². The van der Waals surface area contributed by atoms with Crippen molar-refractivity contribution in [1.29, 1.82) is 0 Å². The fourth-order valence-corrected chi connectivity index (χ4v) is 0.912. The maximum absolute atomic E-state index is 5.41. The van der Waals surface area contributed by atoms with Gasteiger partial charge in [0, 0.05) is 0 Å². The average Bonchev–Trinajstić information content (AvgIpc) is 1.89. The van der Waals surface area contributed by atoms with Gasteiger partial charge < -0.3 is 11.1 Å². The summed E-state index contributed by atoms with van der Waals surface area (Å²) in [5.41, 5.74) is 5.41. The van der Waals surface area contributed by atoms with Gasteiger partial charge in [0.15, 0.2) is 0 Å². The molecule has 0 aromatic carbocycles. The first kappa shape index (κ1) is 9.92. The quantitative estimate of drug-likeness (QED) is 0.545. The van der Waals surface area contributed by atoms with Crippen LogP contribution in [0, 0.1) is 5.92 Å². The molecule has 0 aliphatic carbocycles. The van der Waals surface area contributed by atoms with Gasteiger partial charge in [-0.25, -0.2) is 0 Å². The minimum absolute atomic E-state index is 0.733. The lowest BCUT2D eigenvalue weighted by atomic mass is 10.1. The van der Waals surface area contributed by atoms with Gasteiger partial charge in [-0.15, -0.1) is 0 Å². The van der Waals surface area contributed by atoms with E-state index in [9.17, 15) is 0 Å². The molecular weight excluding hydrogens is 124 g/mol. The molecular formula is C8H20N2. The molecule has 0 amide bonds. The van der Waals surface area contributed by atoms with Crippen LogP contribution in [0.4, 0.5) is 0 Å². The van der Waals surface area contributed by atoms with Gasteiger partial charge >= 0.3 is 0 Å². The van der Waals surface area contributed by atoms with E-state index in [0.29, 0.717) is 0 Å². The highest BCUT2D eigenvalue weighted by Gasteiger charge is 1.97. The maximum Gasteiger partial charge on any atom is -0.00227 e. The first-order valence-corrected chi connectivity index (χ1v) is 4.22. The topological polar surface area (TPSA) is 38.0 Å². The van der Waals surface area contributed by atoms with E-state index in [2.05, 4.69) is 19.2 Å². The van der Waals surface area contributed by atoms with E-state index in [0.717, 1.165) is 32.0 Å². The van der Waals surface area contributed by atoms with Crippen LogP contribution in [0.1, 0.15) is 26.7 Å². The van der Waals surface area contributed by atoms with Crippen molar-refractivity contribution in [2.75, 3.05) is 19.6 Å². The van der Waals surface area contributed by atoms with Gasteiger partial charge in [-0.05, 0) is 38.4 Å². The predicted octanol–water partition coefficient (Wildman–Crippen LogP) is 0.971. The Kier molecular flexibility index (Phi) is 6.98. The zero-order valence-corrected chi connectivity index (χ0v) is 7.19. The predicted molar refractivity (Wildman–Crippen MR) is 46.0 cm³/mol. The Labute approximate surface area is 64.2 Å². The van der Waals surface area contributed by atoms with Crippen molar-refractivity contribution in [3.05, 3.63) is 0 Å². The third kappa shape index (κ3) is 6.05. The normalized spacial score (nSPS) is 13.5. The summed E-state index contributed by atoms with van der Waals surface area (Å²) in [5.74, 6) is 0.733. The number of rotatable bonds is 6. The van der Waals surface area contributed by atoms with E-state index in [4.69, 9.17) is 5.73 Å². The Balaban J connectivity index is 2.97. The summed E-state index contributed by atoms with van der Waals surface area (Å²) in [4.78, 5) is 0. The minimum Gasteiger partial charge on any atom is -0.330 e. The summed E-state index contributed by atoms with van der Waals surface area (Å²) in [6.07, 6.45) is 2.35. The van der Waals surface area contributed by atoms with Crippen LogP contribution in [-0.4, -0.2) is 19.6 Å². The van der Waals surface area contributed by atoms with Crippen LogP contribution in [0.25, 0.3) is 0 Å². The zero-order valence-electron chi connectivity index (χ0n) is 7.19. The molecule has 10 heavy (non-hydrogen) atoms. The Morgan fingerprint density at radius 3 is 2.70 bits per heavy atom. The molecule has 0 spiro atoms. The van der Waals surface area contributed by atoms with Gasteiger partial charge in [-0.2, -0.15) is 0 Å². The molecule has 62 valence electrons. The molecule has 0 rings (SSSR count). The van der Waals surface area contributed by atoms with Crippen LogP contribution in [-0.2, 0) is 0 Å². The molecule has 0 aliphatic heterocycles. The highest BCUT2D eigenvalue weighted by atomic mass is 14.8. The molecule has 1 atom stereocenters. The highest BCUT2D eigenvalue weighted by Crippen LogP contribution is 1.96. The second-order valence-corrected chi connectivity index (χ2v) is 2.89. The zero-order chi connectivity index (χ0) is 7.82. The summed E-state index contributed by atoms with van der Waals surface area (Å²) >= 11 is 0. The Hall–Kier alpha value is -0.0800. The van der Waals surface area contributed by atoms with E-state index in [-0.39, 0.29) is 0 Å². The van der Waals surface area contributed by atoms with Crippen molar-refractivity contribution in [2.45, 2.75) is 26.7 Å². The summed E-state index contributed by atoms with van der Waals surface area (Å²) in [6.45, 7) is 7.48. The Bertz CT molecular complexity index is 64.3. The van der Waals surface area contributed by atoms with Crippen LogP contribution in [0.2, 0.25) is 0 Å². The molecule has 2 nitrogen and oxygen atoms in total. The number of nitrogens with one attached hydrogen (secondary N) is 1. The van der Waals surface area contributed by atoms with Gasteiger partial charge in [0.25, 0.3) is 0 Å². The first-order chi connectivity index (χ1) is 4.81. The molecule has 0 aromatic heterocycles. The fourth-order valence-electron chi connectivity index (χ4n) is 0.912. The van der Waals surface area contributed by atoms with E-state index in [1.165, 1.54) is 6.42 Å². The van der Waals surface area contributed by atoms with Crippen LogP contribution < -0.4 is 11.1 Å². The van der Waals surface area contributed by atoms with Gasteiger partial charge in [0.1, 0.15) is 0 Å². The third-order valence-corrected chi connectivity index (χ3v) is 1.58. The summed E-state index contributed by atoms with van der Waals surface area (Å²) in [5, 5.41) is 3.36. The molecule has 0 aliphatic rings. The molecule has 3 N–H and O–H groups in total. The van der Waals surface area contributed by atoms with Crippen LogP contribution in [0.3, 0.4) is 0 Å². The fraction of sp³-hybridized carbons (Fsp3) is 1.00. The van der Waals surface area contributed by atoms with Crippen molar-refractivity contribution in [3.63, 3.8) is 0 Å². The lowest BCUT2D eigenvalue weighted by Crippen LogP contribution is -2.23. The summed E-state index contributed by atoms with van der Waals surface area (Å²) in [7, 11) is 0. The van der Waals surface area contributed by atoms with E-state index in [1.807, 2.05) is 0 Å². The van der Waals surface area contributed by atoms with Gasteiger partial charge in [0.05, 0.1) is 0 Å². The van der Waals surface area contributed by atoms with Crippen molar-refractivity contribution in [1.82, 2.24) is 5.32 Å². The Morgan fingerprint density at radius 1 is 1.50 bits per heavy atom. The SMILES string of the molecule is CCCNCC(C)CCN. The van der Waals surface area contributed by atoms with Gasteiger partial charge in [0.2, 0.25) is 0 Å². The lowest BCUT2D eigenvalue weighted by molar-refractivity contribution is 0.487. The lowest BCUT2D eigenvalue weighted by Gasteiger charge is -2.09. The summed E-state index contributed by atoms with van der Waals surface area (Å²) < 4.78 is 0. The van der Waals surface area contributed by atoms with Gasteiger partial charge in [-0.3, -0.25) is 0 Å². The van der Waals surface area contributed by atoms with Crippen LogP contribution >= 0.6 is 0 Å². The monoisotopic (exact) mass is 144 g/mol. The number of hydrogen-bond donors (Lipinski definition) is 2. The van der Waals surface area contributed by atoms with Crippen LogP contribution in [0.5, 0.6) is 0 Å². The van der Waals surface area contributed by atoms with Crippen molar-refractivity contribution in [3.8, 4) is 0 Å². The van der Waals surface area contributed by atoms with E-state index < -0.39 is 0 Å². The minimum atomic E-state index is 0.733. The third-order valence-electron chi connectivity index (χ3n) is 1.58. The van der Waals surface area contributed by atoms with Crippen LogP contribution in [0.15, 0.2) is 0 Å². The maximum atomic E-state index is 5.41. The smallest absolute Gasteiger partial charge is 0.00227 e. The molecule has 1 unspecified atom stereocenters. The number of nitrogens with two attached hydrogens (primary N) is 1. The largest absolute Gasteiger partial charge is 0.330 e. The molecule has 0 saturated carbocycles. The van der Waals surface area contributed by atoms with Crippen molar-refractivity contribution in [2.24, 2.45) is 11.7 Å². The molecule has 0 saturated heterocycles. The molecule has 0 heterocycles. The molecule has 0 bridgehead atoms. The highest BCUT2D eigenvalue weighted by molar-refractivity contribution is 4.56. The first-order valence-electron chi connectivity index (χ1n) is 4.22. The molecule has 2 heteroatoms.